The molecule has 190 valence electrons. The number of amides is 3. The summed E-state index contributed by atoms with van der Waals surface area (Å²) in [6.07, 6.45) is -0.733. The average molecular weight is 486 g/mol. The molecule has 0 bridgehead atoms. The average Bonchev–Trinajstić information content (AvgIpc) is 2.75. The number of alkyl carbamates (subject to hydrolysis) is 1. The topological polar surface area (TPSA) is 117 Å². The van der Waals surface area contributed by atoms with Crippen LogP contribution in [0.4, 0.5) is 10.5 Å². The predicted molar refractivity (Wildman–Crippen MR) is 133 cm³/mol. The summed E-state index contributed by atoms with van der Waals surface area (Å²) >= 11 is 0. The van der Waals surface area contributed by atoms with Gasteiger partial charge in [0.1, 0.15) is 29.7 Å². The second-order valence-electron chi connectivity index (χ2n) is 10.0. The minimum atomic E-state index is -1.05. The van der Waals surface area contributed by atoms with Crippen LogP contribution < -0.4 is 15.4 Å². The number of aromatic hydroxyl groups is 1. The highest BCUT2D eigenvalue weighted by molar-refractivity contribution is 5.98. The lowest BCUT2D eigenvalue weighted by molar-refractivity contribution is -0.144. The van der Waals surface area contributed by atoms with Crippen LogP contribution >= 0.6 is 0 Å². The number of anilines is 1. The van der Waals surface area contributed by atoms with Crippen molar-refractivity contribution < 1.29 is 29.0 Å². The van der Waals surface area contributed by atoms with Gasteiger partial charge in [-0.1, -0.05) is 12.1 Å². The number of hydrogen-bond donors (Lipinski definition) is 3. The van der Waals surface area contributed by atoms with Crippen LogP contribution in [0.25, 0.3) is 0 Å². The molecule has 1 unspecified atom stereocenters. The molecule has 2 rings (SSSR count). The fraction of sp³-hybridized carbons (Fsp3) is 0.423. The Kier molecular flexibility index (Phi) is 8.73. The lowest BCUT2D eigenvalue weighted by atomic mass is 9.96. The van der Waals surface area contributed by atoms with E-state index in [0.717, 1.165) is 0 Å². The van der Waals surface area contributed by atoms with Crippen molar-refractivity contribution in [2.45, 2.75) is 58.7 Å². The van der Waals surface area contributed by atoms with E-state index in [9.17, 15) is 19.5 Å². The smallest absolute Gasteiger partial charge is 0.408 e. The number of nitrogens with one attached hydrogen (secondary N) is 2. The summed E-state index contributed by atoms with van der Waals surface area (Å²) in [4.78, 5) is 40.5. The molecule has 0 heterocycles. The van der Waals surface area contributed by atoms with Crippen molar-refractivity contribution in [3.63, 3.8) is 0 Å². The molecule has 9 nitrogen and oxygen atoms in total. The molecule has 0 aromatic heterocycles. The SMILES string of the molecule is COc1ccc(NC(=O)C(c2ccc(O)cc2)N(C(=O)CNC(=O)OC(C)(C)C)C(C)(C)C)cc1. The highest BCUT2D eigenvalue weighted by atomic mass is 16.6. The number of ether oxygens (including phenoxy) is 2. The van der Waals surface area contributed by atoms with Gasteiger partial charge in [0.2, 0.25) is 5.91 Å². The van der Waals surface area contributed by atoms with Crippen LogP contribution in [0, 0.1) is 0 Å². The van der Waals surface area contributed by atoms with Crippen molar-refractivity contribution in [3.8, 4) is 11.5 Å². The maximum Gasteiger partial charge on any atom is 0.408 e. The molecule has 3 N–H and O–H groups in total. The molecule has 9 heteroatoms. The highest BCUT2D eigenvalue weighted by Crippen LogP contribution is 2.31. The van der Waals surface area contributed by atoms with Gasteiger partial charge in [-0.3, -0.25) is 9.59 Å². The van der Waals surface area contributed by atoms with Crippen LogP contribution in [-0.2, 0) is 14.3 Å². The standard InChI is InChI=1S/C26H35N3O6/c1-25(2,3)29(21(31)16-27-24(33)35-26(4,5)6)22(17-8-12-19(30)13-9-17)23(32)28-18-10-14-20(34-7)15-11-18/h8-15,22,30H,16H2,1-7H3,(H,27,33)(H,28,32). The molecular formula is C26H35N3O6. The van der Waals surface area contributed by atoms with Gasteiger partial charge in [-0.05, 0) is 83.5 Å². The Balaban J connectivity index is 2.38. The van der Waals surface area contributed by atoms with Gasteiger partial charge in [-0.2, -0.15) is 0 Å². The van der Waals surface area contributed by atoms with Gasteiger partial charge in [0.25, 0.3) is 5.91 Å². The summed E-state index contributed by atoms with van der Waals surface area (Å²) < 4.78 is 10.4. The van der Waals surface area contributed by atoms with Crippen molar-refractivity contribution in [1.82, 2.24) is 10.2 Å². The third-order valence-electron chi connectivity index (χ3n) is 4.85. The van der Waals surface area contributed by atoms with Crippen molar-refractivity contribution in [1.29, 1.82) is 0 Å². The number of phenolic OH excluding ortho intramolecular Hbond substituents is 1. The molecule has 2 aromatic rings. The highest BCUT2D eigenvalue weighted by Gasteiger charge is 2.38. The van der Waals surface area contributed by atoms with Crippen molar-refractivity contribution in [2.75, 3.05) is 19.0 Å². The Morgan fingerprint density at radius 2 is 1.51 bits per heavy atom. The van der Waals surface area contributed by atoms with Crippen molar-refractivity contribution in [2.24, 2.45) is 0 Å². The zero-order valence-electron chi connectivity index (χ0n) is 21.3. The Morgan fingerprint density at radius 3 is 2.00 bits per heavy atom. The van der Waals surface area contributed by atoms with Crippen LogP contribution in [0.2, 0.25) is 0 Å². The zero-order chi connectivity index (χ0) is 26.4. The van der Waals surface area contributed by atoms with Gasteiger partial charge < -0.3 is 30.1 Å². The van der Waals surface area contributed by atoms with E-state index in [1.807, 2.05) is 0 Å². The summed E-state index contributed by atoms with van der Waals surface area (Å²) in [6.45, 7) is 10.2. The van der Waals surface area contributed by atoms with Crippen LogP contribution in [0.15, 0.2) is 48.5 Å². The molecule has 0 aliphatic heterocycles. The van der Waals surface area contributed by atoms with E-state index in [2.05, 4.69) is 10.6 Å². The van der Waals surface area contributed by atoms with E-state index in [0.29, 0.717) is 17.0 Å². The number of carbonyl (C=O) groups excluding carboxylic acids is 3. The van der Waals surface area contributed by atoms with Gasteiger partial charge in [-0.15, -0.1) is 0 Å². The summed E-state index contributed by atoms with van der Waals surface area (Å²) in [5.74, 6) is -0.270. The molecular weight excluding hydrogens is 450 g/mol. The summed E-state index contributed by atoms with van der Waals surface area (Å²) in [6, 6.07) is 11.8. The molecule has 0 fully saturated rings. The van der Waals surface area contributed by atoms with E-state index < -0.39 is 35.1 Å². The van der Waals surface area contributed by atoms with Crippen LogP contribution in [-0.4, -0.2) is 52.7 Å². The molecule has 1 atom stereocenters. The molecule has 2 aromatic carbocycles. The van der Waals surface area contributed by atoms with E-state index >= 15 is 0 Å². The number of nitrogens with zero attached hydrogens (tertiary/aromatic N) is 1. The molecule has 0 aliphatic carbocycles. The fourth-order valence-corrected chi connectivity index (χ4v) is 3.41. The first-order valence-corrected chi connectivity index (χ1v) is 11.2. The second-order valence-corrected chi connectivity index (χ2v) is 10.0. The molecule has 3 amide bonds. The monoisotopic (exact) mass is 485 g/mol. The van der Waals surface area contributed by atoms with E-state index in [1.165, 1.54) is 17.0 Å². The number of rotatable bonds is 7. The number of carbonyl (C=O) groups is 3. The number of methoxy groups -OCH3 is 1. The summed E-state index contributed by atoms with van der Waals surface area (Å²) in [7, 11) is 1.55. The zero-order valence-corrected chi connectivity index (χ0v) is 21.3. The van der Waals surface area contributed by atoms with Crippen LogP contribution in [0.1, 0.15) is 53.1 Å². The quantitative estimate of drug-likeness (QED) is 0.540. The lowest BCUT2D eigenvalue weighted by Gasteiger charge is -2.41. The minimum Gasteiger partial charge on any atom is -0.508 e. The van der Waals surface area contributed by atoms with Crippen LogP contribution in [0.3, 0.4) is 0 Å². The predicted octanol–water partition coefficient (Wildman–Crippen LogP) is 4.23. The fourth-order valence-electron chi connectivity index (χ4n) is 3.41. The first kappa shape index (κ1) is 27.5. The third-order valence-corrected chi connectivity index (χ3v) is 4.85. The van der Waals surface area contributed by atoms with Gasteiger partial charge >= 0.3 is 6.09 Å². The van der Waals surface area contributed by atoms with E-state index in [-0.39, 0.29) is 12.3 Å². The first-order chi connectivity index (χ1) is 16.2. The molecule has 0 spiro atoms. The Hall–Kier alpha value is -3.75. The molecule has 35 heavy (non-hydrogen) atoms. The van der Waals surface area contributed by atoms with E-state index in [1.54, 1.807) is 85.1 Å². The third kappa shape index (κ3) is 8.20. The van der Waals surface area contributed by atoms with Crippen molar-refractivity contribution >= 4 is 23.6 Å². The minimum absolute atomic E-state index is 0.0308. The normalized spacial score (nSPS) is 12.3. The van der Waals surface area contributed by atoms with E-state index in [4.69, 9.17) is 9.47 Å². The Bertz CT molecular complexity index is 1020. The lowest BCUT2D eigenvalue weighted by Crippen LogP contribution is -2.54. The number of phenols is 1. The van der Waals surface area contributed by atoms with Crippen molar-refractivity contribution in [3.05, 3.63) is 54.1 Å². The Labute approximate surface area is 206 Å². The number of benzene rings is 2. The molecule has 0 saturated carbocycles. The summed E-state index contributed by atoms with van der Waals surface area (Å²) in [5.41, 5.74) is -0.502. The van der Waals surface area contributed by atoms with Gasteiger partial charge in [0, 0.05) is 11.2 Å². The largest absolute Gasteiger partial charge is 0.508 e. The molecule has 0 radical (unpaired) electrons. The second kappa shape index (κ2) is 11.1. The summed E-state index contributed by atoms with van der Waals surface area (Å²) in [5, 5.41) is 15.1. The maximum absolute atomic E-state index is 13.6. The molecule has 0 aliphatic rings. The van der Waals surface area contributed by atoms with Gasteiger partial charge in [0.05, 0.1) is 7.11 Å². The van der Waals surface area contributed by atoms with Gasteiger partial charge in [0.15, 0.2) is 0 Å². The molecule has 0 saturated heterocycles. The first-order valence-electron chi connectivity index (χ1n) is 11.2. The van der Waals surface area contributed by atoms with Gasteiger partial charge in [-0.25, -0.2) is 4.79 Å². The maximum atomic E-state index is 13.6. The Morgan fingerprint density at radius 1 is 0.943 bits per heavy atom. The number of hydrogen-bond acceptors (Lipinski definition) is 6. The van der Waals surface area contributed by atoms with Crippen LogP contribution in [0.5, 0.6) is 11.5 Å².